The lowest BCUT2D eigenvalue weighted by Crippen LogP contribution is -2.35. The first-order valence-electron chi connectivity index (χ1n) is 12.7. The molecule has 5 rings (SSSR count). The smallest absolute Gasteiger partial charge is 0.291 e. The van der Waals surface area contributed by atoms with Crippen LogP contribution in [0.25, 0.3) is 21.8 Å². The normalized spacial score (nSPS) is 14.9. The first-order valence-corrected chi connectivity index (χ1v) is 12.7. The van der Waals surface area contributed by atoms with Gasteiger partial charge in [-0.1, -0.05) is 61.4 Å². The van der Waals surface area contributed by atoms with E-state index in [-0.39, 0.29) is 18.0 Å². The van der Waals surface area contributed by atoms with Crippen molar-refractivity contribution in [2.45, 2.75) is 45.2 Å². The second kappa shape index (κ2) is 10.9. The molecule has 0 saturated carbocycles. The summed E-state index contributed by atoms with van der Waals surface area (Å²) in [6, 6.07) is 18.1. The largest absolute Gasteiger partial charge is 0.354 e. The van der Waals surface area contributed by atoms with Gasteiger partial charge >= 0.3 is 0 Å². The minimum Gasteiger partial charge on any atom is -0.354 e. The number of fused-ring (bicyclic) bond motifs is 3. The number of aromatic nitrogens is 3. The first-order chi connectivity index (χ1) is 17.2. The van der Waals surface area contributed by atoms with E-state index < -0.39 is 0 Å². The second-order valence-corrected chi connectivity index (χ2v) is 9.42. The molecule has 3 heterocycles. The van der Waals surface area contributed by atoms with Gasteiger partial charge in [0.05, 0.1) is 6.20 Å². The van der Waals surface area contributed by atoms with E-state index in [2.05, 4.69) is 27.4 Å². The maximum Gasteiger partial charge on any atom is 0.291 e. The highest BCUT2D eigenvalue weighted by Gasteiger charge is 2.17. The van der Waals surface area contributed by atoms with Crippen LogP contribution in [0.2, 0.25) is 0 Å². The lowest BCUT2D eigenvalue weighted by atomic mass is 10.2. The van der Waals surface area contributed by atoms with E-state index in [9.17, 15) is 9.59 Å². The number of hydrogen-bond donors (Lipinski definition) is 1. The molecule has 4 aromatic rings. The third-order valence-electron chi connectivity index (χ3n) is 6.92. The number of likely N-dealkylation sites (tertiary alicyclic amines) is 1. The molecule has 0 atom stereocenters. The highest BCUT2D eigenvalue weighted by atomic mass is 16.2. The Morgan fingerprint density at radius 1 is 0.914 bits per heavy atom. The van der Waals surface area contributed by atoms with Crippen LogP contribution in [0, 0.1) is 0 Å². The third-order valence-corrected chi connectivity index (χ3v) is 6.92. The molecule has 2 aromatic carbocycles. The Labute approximate surface area is 205 Å². The molecule has 1 aliphatic rings. The highest BCUT2D eigenvalue weighted by molar-refractivity contribution is 6.07. The molecule has 0 aliphatic carbocycles. The van der Waals surface area contributed by atoms with Crippen LogP contribution in [0.15, 0.2) is 65.6 Å². The molecule has 1 amide bonds. The lowest BCUT2D eigenvalue weighted by Gasteiger charge is -2.19. The van der Waals surface area contributed by atoms with Crippen molar-refractivity contribution in [3.05, 3.63) is 76.7 Å². The van der Waals surface area contributed by atoms with E-state index in [1.54, 1.807) is 6.20 Å². The maximum absolute atomic E-state index is 13.5. The van der Waals surface area contributed by atoms with E-state index in [0.29, 0.717) is 18.6 Å². The van der Waals surface area contributed by atoms with E-state index in [1.165, 1.54) is 30.4 Å². The fourth-order valence-electron chi connectivity index (χ4n) is 5.12. The van der Waals surface area contributed by atoms with Crippen LogP contribution in [0.4, 0.5) is 0 Å². The van der Waals surface area contributed by atoms with Gasteiger partial charge in [0.2, 0.25) is 5.91 Å². The Balaban J connectivity index is 1.32. The van der Waals surface area contributed by atoms with Gasteiger partial charge < -0.3 is 14.8 Å². The summed E-state index contributed by atoms with van der Waals surface area (Å²) in [5, 5.41) is 9.13. The Morgan fingerprint density at radius 3 is 2.46 bits per heavy atom. The summed E-state index contributed by atoms with van der Waals surface area (Å²) in [5.74, 6) is -0.180. The van der Waals surface area contributed by atoms with Crippen molar-refractivity contribution in [3.8, 4) is 0 Å². The number of carbonyl (C=O) groups is 1. The molecular weight excluding hydrogens is 438 g/mol. The van der Waals surface area contributed by atoms with Crippen molar-refractivity contribution in [1.29, 1.82) is 0 Å². The van der Waals surface area contributed by atoms with Crippen molar-refractivity contribution in [1.82, 2.24) is 24.6 Å². The molecule has 0 bridgehead atoms. The molecule has 1 fully saturated rings. The average molecular weight is 472 g/mol. The van der Waals surface area contributed by atoms with E-state index >= 15 is 0 Å². The van der Waals surface area contributed by atoms with Gasteiger partial charge in [-0.2, -0.15) is 5.10 Å². The van der Waals surface area contributed by atoms with Crippen molar-refractivity contribution in [3.63, 3.8) is 0 Å². The summed E-state index contributed by atoms with van der Waals surface area (Å²) in [6.45, 7) is 4.43. The number of rotatable bonds is 8. The Kier molecular flexibility index (Phi) is 7.23. The quantitative estimate of drug-likeness (QED) is 0.397. The van der Waals surface area contributed by atoms with Crippen molar-refractivity contribution >= 4 is 27.7 Å². The van der Waals surface area contributed by atoms with Gasteiger partial charge in [0, 0.05) is 29.4 Å². The number of nitrogens with zero attached hydrogens (tertiary/aromatic N) is 4. The monoisotopic (exact) mass is 471 g/mol. The summed E-state index contributed by atoms with van der Waals surface area (Å²) in [7, 11) is 0. The van der Waals surface area contributed by atoms with E-state index in [1.807, 2.05) is 47.0 Å². The number of benzene rings is 2. The molecular formula is C28H33N5O2. The average Bonchev–Trinajstić information content (AvgIpc) is 3.01. The van der Waals surface area contributed by atoms with Crippen LogP contribution in [0.5, 0.6) is 0 Å². The number of amides is 1. The van der Waals surface area contributed by atoms with Gasteiger partial charge in [-0.05, 0) is 50.5 Å². The SMILES string of the molecule is O=C(Cn1ncc2c3ccccc3n(Cc3ccccc3)c2c1=O)NCCCN1CCCCCC1. The van der Waals surface area contributed by atoms with Crippen LogP contribution < -0.4 is 10.9 Å². The fraction of sp³-hybridized carbons (Fsp3) is 0.393. The number of carbonyl (C=O) groups excluding carboxylic acids is 1. The maximum atomic E-state index is 13.5. The third kappa shape index (κ3) is 5.30. The number of para-hydroxylation sites is 1. The van der Waals surface area contributed by atoms with Crippen molar-refractivity contribution < 1.29 is 4.79 Å². The Bertz CT molecular complexity index is 1350. The molecule has 182 valence electrons. The second-order valence-electron chi connectivity index (χ2n) is 9.42. The molecule has 0 spiro atoms. The Hall–Kier alpha value is -3.45. The van der Waals surface area contributed by atoms with Crippen molar-refractivity contribution in [2.75, 3.05) is 26.2 Å². The van der Waals surface area contributed by atoms with Gasteiger partial charge in [0.25, 0.3) is 5.56 Å². The zero-order chi connectivity index (χ0) is 24.0. The van der Waals surface area contributed by atoms with Crippen LogP contribution in [-0.2, 0) is 17.9 Å². The molecule has 1 N–H and O–H groups in total. The summed E-state index contributed by atoms with van der Waals surface area (Å²) in [5.41, 5.74) is 2.44. The highest BCUT2D eigenvalue weighted by Crippen LogP contribution is 2.27. The topological polar surface area (TPSA) is 72.2 Å². The standard InChI is InChI=1S/C28H33N5O2/c34-26(29-15-10-18-31-16-8-1-2-9-17-31)21-33-28(35)27-24(19-30-33)23-13-6-7-14-25(23)32(27)20-22-11-4-3-5-12-22/h3-7,11-14,19H,1-2,8-10,15-18,20-21H2,(H,29,34). The molecule has 0 radical (unpaired) electrons. The molecule has 35 heavy (non-hydrogen) atoms. The van der Waals surface area contributed by atoms with Crippen LogP contribution in [-0.4, -0.2) is 51.3 Å². The zero-order valence-corrected chi connectivity index (χ0v) is 20.2. The molecule has 1 aliphatic heterocycles. The van der Waals surface area contributed by atoms with Crippen LogP contribution in [0.1, 0.15) is 37.7 Å². The van der Waals surface area contributed by atoms with Gasteiger partial charge in [-0.25, -0.2) is 4.68 Å². The van der Waals surface area contributed by atoms with Gasteiger partial charge in [0.15, 0.2) is 0 Å². The fourth-order valence-corrected chi connectivity index (χ4v) is 5.12. The van der Waals surface area contributed by atoms with Gasteiger partial charge in [0.1, 0.15) is 12.1 Å². The lowest BCUT2D eigenvalue weighted by molar-refractivity contribution is -0.121. The number of hydrogen-bond acceptors (Lipinski definition) is 4. The van der Waals surface area contributed by atoms with Crippen LogP contribution in [0.3, 0.4) is 0 Å². The molecule has 1 saturated heterocycles. The summed E-state index contributed by atoms with van der Waals surface area (Å²) in [6.07, 6.45) is 7.81. The van der Waals surface area contributed by atoms with E-state index in [4.69, 9.17) is 0 Å². The predicted octanol–water partition coefficient (Wildman–Crippen LogP) is 3.78. The van der Waals surface area contributed by atoms with Gasteiger partial charge in [-0.15, -0.1) is 0 Å². The summed E-state index contributed by atoms with van der Waals surface area (Å²) < 4.78 is 3.33. The van der Waals surface area contributed by atoms with Crippen molar-refractivity contribution in [2.24, 2.45) is 0 Å². The Morgan fingerprint density at radius 2 is 1.66 bits per heavy atom. The predicted molar refractivity (Wildman–Crippen MR) is 140 cm³/mol. The van der Waals surface area contributed by atoms with E-state index in [0.717, 1.165) is 47.9 Å². The molecule has 7 nitrogen and oxygen atoms in total. The zero-order valence-electron chi connectivity index (χ0n) is 20.2. The minimum absolute atomic E-state index is 0.0780. The summed E-state index contributed by atoms with van der Waals surface area (Å²) in [4.78, 5) is 28.6. The summed E-state index contributed by atoms with van der Waals surface area (Å²) >= 11 is 0. The molecule has 2 aromatic heterocycles. The first kappa shape index (κ1) is 23.3. The van der Waals surface area contributed by atoms with Crippen LogP contribution >= 0.6 is 0 Å². The molecule has 0 unspecified atom stereocenters. The molecule has 7 heteroatoms. The minimum atomic E-state index is -0.241. The van der Waals surface area contributed by atoms with Gasteiger partial charge in [-0.3, -0.25) is 9.59 Å². The number of nitrogens with one attached hydrogen (secondary N) is 1.